The Morgan fingerprint density at radius 2 is 1.56 bits per heavy atom. The summed E-state index contributed by atoms with van der Waals surface area (Å²) in [6, 6.07) is 24.4. The lowest BCUT2D eigenvalue weighted by molar-refractivity contribution is -0.116. The van der Waals surface area contributed by atoms with Crippen molar-refractivity contribution in [1.29, 1.82) is 0 Å². The van der Waals surface area contributed by atoms with E-state index in [-0.39, 0.29) is 5.91 Å². The zero-order valence-corrected chi connectivity index (χ0v) is 14.4. The molecule has 0 spiro atoms. The zero-order valence-electron chi connectivity index (χ0n) is 13.6. The Bertz CT molecular complexity index is 849. The number of carbonyl (C=O) groups excluding carboxylic acids is 1. The van der Waals surface area contributed by atoms with E-state index in [4.69, 9.17) is 16.3 Å². The molecule has 0 aliphatic heterocycles. The van der Waals surface area contributed by atoms with Gasteiger partial charge in [0.1, 0.15) is 5.75 Å². The van der Waals surface area contributed by atoms with Gasteiger partial charge in [0.25, 0.3) is 0 Å². The van der Waals surface area contributed by atoms with Gasteiger partial charge in [-0.25, -0.2) is 0 Å². The van der Waals surface area contributed by atoms with Gasteiger partial charge in [-0.2, -0.15) is 0 Å². The summed E-state index contributed by atoms with van der Waals surface area (Å²) < 4.78 is 5.86. The monoisotopic (exact) mass is 351 g/mol. The standard InChI is InChI=1S/C21H18ClNO2/c22-18-11-5-4-8-16(18)14-15-21(24)23-19-12-6-7-13-20(19)25-17-9-2-1-3-10-17/h1-13H,14-15H2,(H,23,24). The molecular formula is C21H18ClNO2. The number of hydrogen-bond donors (Lipinski definition) is 1. The van der Waals surface area contributed by atoms with Gasteiger partial charge in [-0.3, -0.25) is 4.79 Å². The maximum atomic E-state index is 12.3. The van der Waals surface area contributed by atoms with Gasteiger partial charge in [0, 0.05) is 11.4 Å². The first-order chi connectivity index (χ1) is 12.2. The molecule has 0 heterocycles. The number of para-hydroxylation sites is 3. The molecule has 0 saturated carbocycles. The molecule has 0 radical (unpaired) electrons. The van der Waals surface area contributed by atoms with Gasteiger partial charge in [-0.05, 0) is 42.3 Å². The van der Waals surface area contributed by atoms with Crippen molar-refractivity contribution in [2.75, 3.05) is 5.32 Å². The quantitative estimate of drug-likeness (QED) is 0.618. The zero-order chi connectivity index (χ0) is 17.5. The number of anilines is 1. The number of amides is 1. The van der Waals surface area contributed by atoms with Gasteiger partial charge in [0.15, 0.2) is 5.75 Å². The fraction of sp³-hybridized carbons (Fsp3) is 0.0952. The molecular weight excluding hydrogens is 334 g/mol. The lowest BCUT2D eigenvalue weighted by Gasteiger charge is -2.12. The van der Waals surface area contributed by atoms with Crippen LogP contribution in [0.5, 0.6) is 11.5 Å². The van der Waals surface area contributed by atoms with Crippen LogP contribution >= 0.6 is 11.6 Å². The molecule has 3 nitrogen and oxygen atoms in total. The highest BCUT2D eigenvalue weighted by molar-refractivity contribution is 6.31. The van der Waals surface area contributed by atoms with Crippen LogP contribution in [0.3, 0.4) is 0 Å². The minimum Gasteiger partial charge on any atom is -0.455 e. The molecule has 0 aliphatic rings. The van der Waals surface area contributed by atoms with E-state index in [0.29, 0.717) is 29.3 Å². The largest absolute Gasteiger partial charge is 0.455 e. The summed E-state index contributed by atoms with van der Waals surface area (Å²) in [5.41, 5.74) is 1.61. The van der Waals surface area contributed by atoms with Gasteiger partial charge in [0.05, 0.1) is 5.69 Å². The van der Waals surface area contributed by atoms with Gasteiger partial charge in [0.2, 0.25) is 5.91 Å². The lowest BCUT2D eigenvalue weighted by Crippen LogP contribution is -2.13. The number of carbonyl (C=O) groups is 1. The smallest absolute Gasteiger partial charge is 0.224 e. The number of ether oxygens (including phenoxy) is 1. The molecule has 0 bridgehead atoms. The molecule has 0 atom stereocenters. The third kappa shape index (κ3) is 4.85. The van der Waals surface area contributed by atoms with Gasteiger partial charge < -0.3 is 10.1 Å². The Morgan fingerprint density at radius 1 is 0.880 bits per heavy atom. The molecule has 3 rings (SSSR count). The predicted octanol–water partition coefficient (Wildman–Crippen LogP) is 5.70. The van der Waals surface area contributed by atoms with Crippen LogP contribution in [0.1, 0.15) is 12.0 Å². The van der Waals surface area contributed by atoms with Crippen molar-refractivity contribution in [3.05, 3.63) is 89.4 Å². The Kier molecular flexibility index (Phi) is 5.70. The molecule has 0 saturated heterocycles. The first-order valence-corrected chi connectivity index (χ1v) is 8.45. The predicted molar refractivity (Wildman–Crippen MR) is 101 cm³/mol. The number of rotatable bonds is 6. The van der Waals surface area contributed by atoms with E-state index in [0.717, 1.165) is 11.3 Å². The number of halogens is 1. The number of benzene rings is 3. The summed E-state index contributed by atoms with van der Waals surface area (Å²) in [5, 5.41) is 3.60. The van der Waals surface area contributed by atoms with Crippen LogP contribution in [0.2, 0.25) is 5.02 Å². The molecule has 1 N–H and O–H groups in total. The summed E-state index contributed by atoms with van der Waals surface area (Å²) >= 11 is 6.13. The number of hydrogen-bond acceptors (Lipinski definition) is 2. The highest BCUT2D eigenvalue weighted by Gasteiger charge is 2.09. The van der Waals surface area contributed by atoms with Crippen LogP contribution in [-0.4, -0.2) is 5.91 Å². The number of aryl methyl sites for hydroxylation is 1. The minimum absolute atomic E-state index is 0.0796. The fourth-order valence-electron chi connectivity index (χ4n) is 2.44. The van der Waals surface area contributed by atoms with E-state index in [9.17, 15) is 4.79 Å². The second-order valence-electron chi connectivity index (χ2n) is 5.55. The first-order valence-electron chi connectivity index (χ1n) is 8.07. The van der Waals surface area contributed by atoms with E-state index in [1.165, 1.54) is 0 Å². The Balaban J connectivity index is 1.64. The molecule has 0 fully saturated rings. The summed E-state index contributed by atoms with van der Waals surface area (Å²) in [4.78, 5) is 12.3. The molecule has 126 valence electrons. The van der Waals surface area contributed by atoms with E-state index in [1.807, 2.05) is 78.9 Å². The molecule has 0 aromatic heterocycles. The Labute approximate surface area is 152 Å². The van der Waals surface area contributed by atoms with Crippen LogP contribution < -0.4 is 10.1 Å². The highest BCUT2D eigenvalue weighted by atomic mass is 35.5. The van der Waals surface area contributed by atoms with Crippen molar-refractivity contribution < 1.29 is 9.53 Å². The summed E-state index contributed by atoms with van der Waals surface area (Å²) in [7, 11) is 0. The average Bonchev–Trinajstić information content (AvgIpc) is 2.64. The lowest BCUT2D eigenvalue weighted by atomic mass is 10.1. The van der Waals surface area contributed by atoms with Crippen LogP contribution in [0.15, 0.2) is 78.9 Å². The van der Waals surface area contributed by atoms with Crippen LogP contribution in [0.4, 0.5) is 5.69 Å². The van der Waals surface area contributed by atoms with Crippen LogP contribution in [-0.2, 0) is 11.2 Å². The maximum Gasteiger partial charge on any atom is 0.224 e. The summed E-state index contributed by atoms with van der Waals surface area (Å²) in [6.07, 6.45) is 0.941. The molecule has 1 amide bonds. The Morgan fingerprint density at radius 3 is 2.36 bits per heavy atom. The SMILES string of the molecule is O=C(CCc1ccccc1Cl)Nc1ccccc1Oc1ccccc1. The van der Waals surface area contributed by atoms with E-state index in [2.05, 4.69) is 5.32 Å². The molecule has 4 heteroatoms. The van der Waals surface area contributed by atoms with Crippen molar-refractivity contribution >= 4 is 23.2 Å². The van der Waals surface area contributed by atoms with Crippen molar-refractivity contribution in [1.82, 2.24) is 0 Å². The van der Waals surface area contributed by atoms with Gasteiger partial charge in [-0.1, -0.05) is 60.1 Å². The third-order valence-corrected chi connectivity index (χ3v) is 4.08. The molecule has 3 aromatic carbocycles. The molecule has 0 unspecified atom stereocenters. The molecule has 3 aromatic rings. The maximum absolute atomic E-state index is 12.3. The molecule has 25 heavy (non-hydrogen) atoms. The number of nitrogens with one attached hydrogen (secondary N) is 1. The topological polar surface area (TPSA) is 38.3 Å². The van der Waals surface area contributed by atoms with Gasteiger partial charge >= 0.3 is 0 Å². The minimum atomic E-state index is -0.0796. The van der Waals surface area contributed by atoms with Crippen molar-refractivity contribution in [3.8, 4) is 11.5 Å². The van der Waals surface area contributed by atoms with Crippen LogP contribution in [0.25, 0.3) is 0 Å². The highest BCUT2D eigenvalue weighted by Crippen LogP contribution is 2.29. The van der Waals surface area contributed by atoms with E-state index in [1.54, 1.807) is 0 Å². The Hall–Kier alpha value is -2.78. The summed E-state index contributed by atoms with van der Waals surface area (Å²) in [5.74, 6) is 1.25. The second kappa shape index (κ2) is 8.36. The third-order valence-electron chi connectivity index (χ3n) is 3.71. The van der Waals surface area contributed by atoms with Crippen LogP contribution in [0, 0.1) is 0 Å². The van der Waals surface area contributed by atoms with Gasteiger partial charge in [-0.15, -0.1) is 0 Å². The second-order valence-corrected chi connectivity index (χ2v) is 5.96. The van der Waals surface area contributed by atoms with E-state index >= 15 is 0 Å². The average molecular weight is 352 g/mol. The van der Waals surface area contributed by atoms with E-state index < -0.39 is 0 Å². The van der Waals surface area contributed by atoms with Crippen molar-refractivity contribution in [2.45, 2.75) is 12.8 Å². The summed E-state index contributed by atoms with van der Waals surface area (Å²) in [6.45, 7) is 0. The fourth-order valence-corrected chi connectivity index (χ4v) is 2.67. The van der Waals surface area contributed by atoms with Crippen molar-refractivity contribution in [2.24, 2.45) is 0 Å². The normalized spacial score (nSPS) is 10.3. The first kappa shape index (κ1) is 17.1. The van der Waals surface area contributed by atoms with Crippen molar-refractivity contribution in [3.63, 3.8) is 0 Å². The molecule has 0 aliphatic carbocycles.